The van der Waals surface area contributed by atoms with Crippen molar-refractivity contribution in [2.75, 3.05) is 4.72 Å². The molecule has 2 rings (SSSR count). The van der Waals surface area contributed by atoms with Crippen LogP contribution in [-0.4, -0.2) is 8.42 Å². The topological polar surface area (TPSA) is 70.0 Å². The van der Waals surface area contributed by atoms with Crippen LogP contribution in [0.4, 0.5) is 5.69 Å². The summed E-state index contributed by atoms with van der Waals surface area (Å²) in [6.07, 6.45) is 0. The number of hydrogen-bond donors (Lipinski definition) is 1. The Morgan fingerprint density at radius 1 is 1.19 bits per heavy atom. The molecule has 2 aromatic carbocycles. The highest BCUT2D eigenvalue weighted by Gasteiger charge is 2.19. The Morgan fingerprint density at radius 2 is 1.90 bits per heavy atom. The maximum Gasteiger partial charge on any atom is 0.262 e. The molecule has 0 aliphatic rings. The van der Waals surface area contributed by atoms with Crippen molar-refractivity contribution in [2.45, 2.75) is 11.8 Å². The van der Waals surface area contributed by atoms with Crippen LogP contribution < -0.4 is 4.72 Å². The van der Waals surface area contributed by atoms with E-state index in [1.807, 2.05) is 6.07 Å². The lowest BCUT2D eigenvalue weighted by molar-refractivity contribution is 0.600. The molecular formula is C14H10Cl2N2O2S. The van der Waals surface area contributed by atoms with E-state index in [1.165, 1.54) is 24.3 Å². The van der Waals surface area contributed by atoms with Crippen molar-refractivity contribution in [3.8, 4) is 6.07 Å². The second-order valence-electron chi connectivity index (χ2n) is 4.30. The zero-order valence-corrected chi connectivity index (χ0v) is 13.2. The first-order chi connectivity index (χ1) is 9.85. The number of aryl methyl sites for hydroxylation is 1. The van der Waals surface area contributed by atoms with Crippen molar-refractivity contribution >= 4 is 38.9 Å². The van der Waals surface area contributed by atoms with Gasteiger partial charge in [0.2, 0.25) is 0 Å². The van der Waals surface area contributed by atoms with Crippen LogP contribution in [0, 0.1) is 18.3 Å². The normalized spacial score (nSPS) is 11.0. The highest BCUT2D eigenvalue weighted by atomic mass is 35.5. The third-order valence-corrected chi connectivity index (χ3v) is 5.13. The molecule has 0 atom stereocenters. The van der Waals surface area contributed by atoms with Crippen LogP contribution in [0.1, 0.15) is 11.1 Å². The van der Waals surface area contributed by atoms with E-state index < -0.39 is 10.0 Å². The monoisotopic (exact) mass is 340 g/mol. The van der Waals surface area contributed by atoms with Crippen LogP contribution in [0.15, 0.2) is 41.3 Å². The number of nitriles is 1. The fourth-order valence-electron chi connectivity index (χ4n) is 1.80. The zero-order valence-electron chi connectivity index (χ0n) is 10.9. The maximum absolute atomic E-state index is 12.4. The van der Waals surface area contributed by atoms with Crippen molar-refractivity contribution in [3.63, 3.8) is 0 Å². The molecule has 0 bridgehead atoms. The Labute approximate surface area is 133 Å². The molecule has 0 saturated heterocycles. The third-order valence-electron chi connectivity index (χ3n) is 2.79. The minimum Gasteiger partial charge on any atom is -0.278 e. The Hall–Kier alpha value is -1.74. The van der Waals surface area contributed by atoms with Gasteiger partial charge in [0, 0.05) is 0 Å². The fourth-order valence-corrected chi connectivity index (χ4v) is 3.51. The Bertz CT molecular complexity index is 843. The van der Waals surface area contributed by atoms with Crippen molar-refractivity contribution in [3.05, 3.63) is 57.6 Å². The average molecular weight is 341 g/mol. The molecular weight excluding hydrogens is 331 g/mol. The maximum atomic E-state index is 12.4. The first kappa shape index (κ1) is 15.6. The van der Waals surface area contributed by atoms with Crippen LogP contribution in [0.5, 0.6) is 0 Å². The Kier molecular flexibility index (Phi) is 4.43. The van der Waals surface area contributed by atoms with Gasteiger partial charge in [-0.1, -0.05) is 29.3 Å². The third kappa shape index (κ3) is 3.30. The van der Waals surface area contributed by atoms with Crippen molar-refractivity contribution < 1.29 is 8.42 Å². The molecule has 0 aliphatic carbocycles. The molecule has 0 saturated carbocycles. The summed E-state index contributed by atoms with van der Waals surface area (Å²) in [4.78, 5) is 0.0811. The quantitative estimate of drug-likeness (QED) is 0.918. The van der Waals surface area contributed by atoms with E-state index in [0.29, 0.717) is 11.1 Å². The number of benzene rings is 2. The highest BCUT2D eigenvalue weighted by Crippen LogP contribution is 2.31. The number of halogens is 2. The number of anilines is 1. The summed E-state index contributed by atoms with van der Waals surface area (Å²) in [5, 5.41) is 9.20. The van der Waals surface area contributed by atoms with Gasteiger partial charge >= 0.3 is 0 Å². The molecule has 0 aromatic heterocycles. The van der Waals surface area contributed by atoms with E-state index in [4.69, 9.17) is 28.5 Å². The summed E-state index contributed by atoms with van der Waals surface area (Å²) in [6.45, 7) is 1.62. The predicted octanol–water partition coefficient (Wildman–Crippen LogP) is 3.97. The SMILES string of the molecule is Cc1cc(C#N)ccc1S(=O)(=O)Nc1cccc(Cl)c1Cl. The second kappa shape index (κ2) is 5.94. The zero-order chi connectivity index (χ0) is 15.6. The number of nitrogens with zero attached hydrogens (tertiary/aromatic N) is 1. The van der Waals surface area contributed by atoms with E-state index >= 15 is 0 Å². The van der Waals surface area contributed by atoms with Crippen LogP contribution >= 0.6 is 23.2 Å². The summed E-state index contributed by atoms with van der Waals surface area (Å²) in [5.41, 5.74) is 1.07. The van der Waals surface area contributed by atoms with Gasteiger partial charge in [0.05, 0.1) is 32.3 Å². The molecule has 1 N–H and O–H groups in total. The van der Waals surface area contributed by atoms with Gasteiger partial charge in [0.25, 0.3) is 10.0 Å². The molecule has 0 amide bonds. The summed E-state index contributed by atoms with van der Waals surface area (Å²) in [5.74, 6) is 0. The van der Waals surface area contributed by atoms with Crippen LogP contribution in [0.2, 0.25) is 10.0 Å². The molecule has 108 valence electrons. The van der Waals surface area contributed by atoms with Gasteiger partial charge in [-0.2, -0.15) is 5.26 Å². The number of sulfonamides is 1. The Morgan fingerprint density at radius 3 is 2.52 bits per heavy atom. The molecule has 0 aliphatic heterocycles. The minimum atomic E-state index is -3.81. The lowest BCUT2D eigenvalue weighted by atomic mass is 10.2. The van der Waals surface area contributed by atoms with Gasteiger partial charge in [-0.05, 0) is 42.8 Å². The van der Waals surface area contributed by atoms with Crippen molar-refractivity contribution in [1.29, 1.82) is 5.26 Å². The predicted molar refractivity (Wildman–Crippen MR) is 83.2 cm³/mol. The number of hydrogen-bond acceptors (Lipinski definition) is 3. The van der Waals surface area contributed by atoms with E-state index in [-0.39, 0.29) is 20.6 Å². The lowest BCUT2D eigenvalue weighted by Gasteiger charge is -2.12. The van der Waals surface area contributed by atoms with Gasteiger partial charge in [-0.15, -0.1) is 0 Å². The number of nitrogens with one attached hydrogen (secondary N) is 1. The molecule has 4 nitrogen and oxygen atoms in total. The summed E-state index contributed by atoms with van der Waals surface area (Å²) in [6, 6.07) is 11.0. The van der Waals surface area contributed by atoms with E-state index in [9.17, 15) is 8.42 Å². The fraction of sp³-hybridized carbons (Fsp3) is 0.0714. The molecule has 0 radical (unpaired) electrons. The molecule has 0 unspecified atom stereocenters. The smallest absolute Gasteiger partial charge is 0.262 e. The highest BCUT2D eigenvalue weighted by molar-refractivity contribution is 7.92. The molecule has 0 fully saturated rings. The van der Waals surface area contributed by atoms with Crippen LogP contribution in [0.25, 0.3) is 0 Å². The average Bonchev–Trinajstić information content (AvgIpc) is 2.43. The van der Waals surface area contributed by atoms with Crippen molar-refractivity contribution in [1.82, 2.24) is 0 Å². The Balaban J connectivity index is 2.44. The van der Waals surface area contributed by atoms with Crippen LogP contribution in [0.3, 0.4) is 0 Å². The van der Waals surface area contributed by atoms with E-state index in [2.05, 4.69) is 4.72 Å². The van der Waals surface area contributed by atoms with E-state index in [1.54, 1.807) is 19.1 Å². The summed E-state index contributed by atoms with van der Waals surface area (Å²) < 4.78 is 27.2. The van der Waals surface area contributed by atoms with Gasteiger partial charge in [0.1, 0.15) is 0 Å². The van der Waals surface area contributed by atoms with Gasteiger partial charge in [0.15, 0.2) is 0 Å². The second-order valence-corrected chi connectivity index (χ2v) is 6.73. The molecule has 0 spiro atoms. The van der Waals surface area contributed by atoms with E-state index in [0.717, 1.165) is 0 Å². The standard InChI is InChI=1S/C14H10Cl2N2O2S/c1-9-7-10(8-17)5-6-13(9)21(19,20)18-12-4-2-3-11(15)14(12)16/h2-7,18H,1H3. The molecule has 7 heteroatoms. The first-order valence-electron chi connectivity index (χ1n) is 5.83. The van der Waals surface area contributed by atoms with Gasteiger partial charge < -0.3 is 0 Å². The van der Waals surface area contributed by atoms with Crippen LogP contribution in [-0.2, 0) is 10.0 Å². The summed E-state index contributed by atoms with van der Waals surface area (Å²) >= 11 is 11.8. The minimum absolute atomic E-state index is 0.0811. The van der Waals surface area contributed by atoms with Crippen molar-refractivity contribution in [2.24, 2.45) is 0 Å². The lowest BCUT2D eigenvalue weighted by Crippen LogP contribution is -2.14. The van der Waals surface area contributed by atoms with Gasteiger partial charge in [-0.25, -0.2) is 8.42 Å². The largest absolute Gasteiger partial charge is 0.278 e. The summed E-state index contributed by atoms with van der Waals surface area (Å²) in [7, 11) is -3.81. The molecule has 2 aromatic rings. The first-order valence-corrected chi connectivity index (χ1v) is 8.06. The number of rotatable bonds is 3. The van der Waals surface area contributed by atoms with Gasteiger partial charge in [-0.3, -0.25) is 4.72 Å². The molecule has 0 heterocycles. The molecule has 21 heavy (non-hydrogen) atoms.